The maximum atomic E-state index is 13.5. The molecule has 0 N–H and O–H groups in total. The standard InChI is InChI=1S/C27H30N2O3S/c1-18-9-10-22(19(2)15-18)17-33-27-28-24-16-21(26(31)32-3)11-12-23(24)25(30)29(27)14-13-20-7-5-4-6-8-20/h7,9-12,15-16H,4-6,8,13-14,17H2,1-3H3. The van der Waals surface area contributed by atoms with Gasteiger partial charge in [-0.3, -0.25) is 9.36 Å². The van der Waals surface area contributed by atoms with Crippen LogP contribution in [-0.4, -0.2) is 22.6 Å². The first kappa shape index (κ1) is 23.3. The third-order valence-electron chi connectivity index (χ3n) is 6.24. The molecule has 5 nitrogen and oxygen atoms in total. The molecule has 0 saturated carbocycles. The van der Waals surface area contributed by atoms with Crippen molar-refractivity contribution in [2.75, 3.05) is 7.11 Å². The third-order valence-corrected chi connectivity index (χ3v) is 7.26. The number of nitrogens with zero attached hydrogens (tertiary/aromatic N) is 2. The molecule has 0 amide bonds. The number of fused-ring (bicyclic) bond motifs is 1. The van der Waals surface area contributed by atoms with E-state index >= 15 is 0 Å². The number of hydrogen-bond acceptors (Lipinski definition) is 5. The maximum Gasteiger partial charge on any atom is 0.337 e. The maximum absolute atomic E-state index is 13.5. The number of aryl methyl sites for hydroxylation is 2. The molecular weight excluding hydrogens is 432 g/mol. The first-order chi connectivity index (χ1) is 16.0. The molecule has 0 bridgehead atoms. The van der Waals surface area contributed by atoms with Crippen LogP contribution in [0.25, 0.3) is 10.9 Å². The van der Waals surface area contributed by atoms with Crippen molar-refractivity contribution in [3.05, 3.63) is 80.7 Å². The van der Waals surface area contributed by atoms with E-state index in [9.17, 15) is 9.59 Å². The lowest BCUT2D eigenvalue weighted by atomic mass is 9.97. The summed E-state index contributed by atoms with van der Waals surface area (Å²) in [5, 5.41) is 1.21. The molecule has 0 aliphatic heterocycles. The van der Waals surface area contributed by atoms with Crippen LogP contribution in [0.15, 0.2) is 58.0 Å². The summed E-state index contributed by atoms with van der Waals surface area (Å²) in [6.45, 7) is 4.81. The van der Waals surface area contributed by atoms with Crippen LogP contribution in [0, 0.1) is 13.8 Å². The van der Waals surface area contributed by atoms with Gasteiger partial charge in [0.2, 0.25) is 0 Å². The molecule has 1 aromatic heterocycles. The van der Waals surface area contributed by atoms with Gasteiger partial charge in [-0.05, 0) is 75.3 Å². The molecule has 3 aromatic rings. The fourth-order valence-corrected chi connectivity index (χ4v) is 5.39. The van der Waals surface area contributed by atoms with Crippen molar-refractivity contribution in [2.45, 2.75) is 63.4 Å². The van der Waals surface area contributed by atoms with Crippen molar-refractivity contribution in [1.29, 1.82) is 0 Å². The zero-order valence-electron chi connectivity index (χ0n) is 19.5. The number of methoxy groups -OCH3 is 1. The highest BCUT2D eigenvalue weighted by Gasteiger charge is 2.16. The van der Waals surface area contributed by atoms with Crippen molar-refractivity contribution >= 4 is 28.6 Å². The van der Waals surface area contributed by atoms with Crippen molar-refractivity contribution < 1.29 is 9.53 Å². The average molecular weight is 463 g/mol. The molecule has 0 atom stereocenters. The van der Waals surface area contributed by atoms with E-state index in [0.29, 0.717) is 28.2 Å². The highest BCUT2D eigenvalue weighted by atomic mass is 32.2. The van der Waals surface area contributed by atoms with E-state index in [1.54, 1.807) is 30.0 Å². The quantitative estimate of drug-likeness (QED) is 0.187. The zero-order chi connectivity index (χ0) is 23.4. The number of ether oxygens (including phenoxy) is 1. The van der Waals surface area contributed by atoms with Gasteiger partial charge in [0.15, 0.2) is 5.16 Å². The first-order valence-corrected chi connectivity index (χ1v) is 12.4. The number of carbonyl (C=O) groups excluding carboxylic acids is 1. The van der Waals surface area contributed by atoms with Gasteiger partial charge in [-0.1, -0.05) is 47.2 Å². The van der Waals surface area contributed by atoms with Crippen molar-refractivity contribution in [2.24, 2.45) is 0 Å². The zero-order valence-corrected chi connectivity index (χ0v) is 20.3. The van der Waals surface area contributed by atoms with Crippen molar-refractivity contribution in [3.8, 4) is 0 Å². The Bertz CT molecular complexity index is 1280. The molecule has 0 spiro atoms. The largest absolute Gasteiger partial charge is 0.465 e. The number of rotatable bonds is 7. The van der Waals surface area contributed by atoms with Gasteiger partial charge in [-0.25, -0.2) is 9.78 Å². The molecular formula is C27H30N2O3S. The van der Waals surface area contributed by atoms with E-state index in [-0.39, 0.29) is 5.56 Å². The van der Waals surface area contributed by atoms with Crippen LogP contribution in [0.2, 0.25) is 0 Å². The number of aromatic nitrogens is 2. The van der Waals surface area contributed by atoms with Gasteiger partial charge in [0.05, 0.1) is 23.6 Å². The Morgan fingerprint density at radius 1 is 1.15 bits per heavy atom. The predicted molar refractivity (Wildman–Crippen MR) is 134 cm³/mol. The summed E-state index contributed by atoms with van der Waals surface area (Å²) < 4.78 is 6.65. The van der Waals surface area contributed by atoms with E-state index in [1.165, 1.54) is 42.2 Å². The molecule has 1 heterocycles. The Labute approximate surface area is 198 Å². The fourth-order valence-electron chi connectivity index (χ4n) is 4.29. The van der Waals surface area contributed by atoms with Crippen LogP contribution in [0.3, 0.4) is 0 Å². The van der Waals surface area contributed by atoms with Gasteiger partial charge in [-0.15, -0.1) is 0 Å². The lowest BCUT2D eigenvalue weighted by Gasteiger charge is -2.17. The molecule has 4 rings (SSSR count). The molecule has 172 valence electrons. The topological polar surface area (TPSA) is 61.2 Å². The Balaban J connectivity index is 1.71. The van der Waals surface area contributed by atoms with E-state index in [0.717, 1.165) is 25.0 Å². The van der Waals surface area contributed by atoms with E-state index in [2.05, 4.69) is 38.1 Å². The minimum absolute atomic E-state index is 0.0593. The second kappa shape index (κ2) is 10.4. The Morgan fingerprint density at radius 2 is 2.00 bits per heavy atom. The van der Waals surface area contributed by atoms with Gasteiger partial charge < -0.3 is 4.74 Å². The number of allylic oxidation sites excluding steroid dienone is 2. The van der Waals surface area contributed by atoms with Crippen molar-refractivity contribution in [3.63, 3.8) is 0 Å². The molecule has 0 radical (unpaired) electrons. The number of esters is 1. The summed E-state index contributed by atoms with van der Waals surface area (Å²) in [7, 11) is 1.35. The van der Waals surface area contributed by atoms with Gasteiger partial charge in [0, 0.05) is 12.3 Å². The van der Waals surface area contributed by atoms with Gasteiger partial charge in [0.1, 0.15) is 0 Å². The van der Waals surface area contributed by atoms with Crippen LogP contribution >= 0.6 is 11.8 Å². The lowest BCUT2D eigenvalue weighted by molar-refractivity contribution is 0.0601. The van der Waals surface area contributed by atoms with E-state index in [4.69, 9.17) is 9.72 Å². The summed E-state index contributed by atoms with van der Waals surface area (Å²) in [5.41, 5.74) is 5.99. The molecule has 1 aliphatic carbocycles. The second-order valence-corrected chi connectivity index (χ2v) is 9.59. The minimum Gasteiger partial charge on any atom is -0.465 e. The first-order valence-electron chi connectivity index (χ1n) is 11.5. The lowest BCUT2D eigenvalue weighted by Crippen LogP contribution is -2.24. The van der Waals surface area contributed by atoms with Crippen LogP contribution < -0.4 is 5.56 Å². The molecule has 1 aliphatic rings. The van der Waals surface area contributed by atoms with Crippen LogP contribution in [-0.2, 0) is 17.0 Å². The van der Waals surface area contributed by atoms with Gasteiger partial charge in [0.25, 0.3) is 5.56 Å². The highest BCUT2D eigenvalue weighted by Crippen LogP contribution is 2.26. The molecule has 0 unspecified atom stereocenters. The monoisotopic (exact) mass is 462 g/mol. The Kier molecular flexibility index (Phi) is 7.33. The summed E-state index contributed by atoms with van der Waals surface area (Å²) in [5.74, 6) is 0.292. The molecule has 2 aromatic carbocycles. The van der Waals surface area contributed by atoms with Crippen molar-refractivity contribution in [1.82, 2.24) is 9.55 Å². The normalized spacial score (nSPS) is 13.7. The summed E-state index contributed by atoms with van der Waals surface area (Å²) in [4.78, 5) is 30.3. The average Bonchev–Trinajstić information content (AvgIpc) is 2.83. The fraction of sp³-hybridized carbons (Fsp3) is 0.370. The SMILES string of the molecule is COC(=O)c1ccc2c(=O)n(CCC3=CCCCC3)c(SCc3ccc(C)cc3C)nc2c1. The van der Waals surface area contributed by atoms with Gasteiger partial charge in [-0.2, -0.15) is 0 Å². The van der Waals surface area contributed by atoms with Gasteiger partial charge >= 0.3 is 5.97 Å². The number of thioether (sulfide) groups is 1. The Hall–Kier alpha value is -2.86. The number of hydrogen-bond donors (Lipinski definition) is 0. The smallest absolute Gasteiger partial charge is 0.337 e. The number of carbonyl (C=O) groups is 1. The highest BCUT2D eigenvalue weighted by molar-refractivity contribution is 7.98. The molecule has 6 heteroatoms. The summed E-state index contributed by atoms with van der Waals surface area (Å²) >= 11 is 1.57. The molecule has 33 heavy (non-hydrogen) atoms. The van der Waals surface area contributed by atoms with Crippen LogP contribution in [0.1, 0.15) is 59.2 Å². The van der Waals surface area contributed by atoms with Crippen LogP contribution in [0.5, 0.6) is 0 Å². The minimum atomic E-state index is -0.434. The molecule has 0 saturated heterocycles. The van der Waals surface area contributed by atoms with Crippen LogP contribution in [0.4, 0.5) is 0 Å². The predicted octanol–water partition coefficient (Wildman–Crippen LogP) is 5.98. The van der Waals surface area contributed by atoms with E-state index in [1.807, 2.05) is 4.57 Å². The summed E-state index contributed by atoms with van der Waals surface area (Å²) in [6.07, 6.45) is 7.91. The Morgan fingerprint density at radius 3 is 2.73 bits per heavy atom. The second-order valence-electron chi connectivity index (χ2n) is 8.65. The van der Waals surface area contributed by atoms with E-state index < -0.39 is 5.97 Å². The third kappa shape index (κ3) is 5.38. The summed E-state index contributed by atoms with van der Waals surface area (Å²) in [6, 6.07) is 11.4. The number of benzene rings is 2. The molecule has 0 fully saturated rings.